The van der Waals surface area contributed by atoms with Crippen molar-refractivity contribution < 1.29 is 9.90 Å². The Labute approximate surface area is 258 Å². The maximum absolute atomic E-state index is 11.5. The van der Waals surface area contributed by atoms with Crippen molar-refractivity contribution >= 4 is 5.97 Å². The summed E-state index contributed by atoms with van der Waals surface area (Å²) >= 11 is 0. The molecule has 0 rings (SSSR count). The fourth-order valence-electron chi connectivity index (χ4n) is 6.02. The third-order valence-electron chi connectivity index (χ3n) is 8.83. The number of carboxylic acids is 1. The van der Waals surface area contributed by atoms with Gasteiger partial charge in [-0.05, 0) is 38.9 Å². The van der Waals surface area contributed by atoms with Crippen LogP contribution in [-0.2, 0) is 4.79 Å². The monoisotopic (exact) mass is 581 g/mol. The minimum absolute atomic E-state index is 0.195. The van der Waals surface area contributed by atoms with Crippen molar-refractivity contribution in [1.82, 2.24) is 9.80 Å². The normalized spacial score (nSPS) is 11.7. The highest BCUT2D eigenvalue weighted by Crippen LogP contribution is 2.13. The Morgan fingerprint density at radius 3 is 0.902 bits per heavy atom. The smallest absolute Gasteiger partial charge is 0.317 e. The molecule has 0 amide bonds. The van der Waals surface area contributed by atoms with Crippen molar-refractivity contribution in [2.45, 2.75) is 194 Å². The summed E-state index contributed by atoms with van der Waals surface area (Å²) in [6.07, 6.45) is 36.6. The number of aliphatic carboxylic acids is 1. The Bertz CT molecular complexity index is 489. The van der Waals surface area contributed by atoms with Gasteiger partial charge in [-0.3, -0.25) is 9.69 Å². The Morgan fingerprint density at radius 2 is 0.610 bits per heavy atom. The van der Waals surface area contributed by atoms with Gasteiger partial charge in [0.25, 0.3) is 0 Å². The van der Waals surface area contributed by atoms with Crippen LogP contribution in [-0.4, -0.2) is 60.1 Å². The van der Waals surface area contributed by atoms with Crippen LogP contribution in [0, 0.1) is 0 Å². The van der Waals surface area contributed by atoms with E-state index in [9.17, 15) is 9.90 Å². The summed E-state index contributed by atoms with van der Waals surface area (Å²) in [4.78, 5) is 16.4. The lowest BCUT2D eigenvalue weighted by Gasteiger charge is -2.27. The Hall–Kier alpha value is -0.610. The van der Waals surface area contributed by atoms with Crippen LogP contribution in [0.2, 0.25) is 0 Å². The molecule has 0 saturated heterocycles. The maximum atomic E-state index is 11.5. The van der Waals surface area contributed by atoms with E-state index < -0.39 is 5.97 Å². The molecule has 0 saturated carbocycles. The van der Waals surface area contributed by atoms with E-state index >= 15 is 0 Å². The summed E-state index contributed by atoms with van der Waals surface area (Å²) in [6.45, 7) is 12.3. The summed E-state index contributed by atoms with van der Waals surface area (Å²) in [6, 6.07) is 0. The fourth-order valence-corrected chi connectivity index (χ4v) is 6.02. The van der Waals surface area contributed by atoms with Gasteiger partial charge < -0.3 is 10.0 Å². The summed E-state index contributed by atoms with van der Waals surface area (Å²) in [5, 5.41) is 9.50. The molecule has 0 aromatic rings. The first-order valence-corrected chi connectivity index (χ1v) is 18.8. The van der Waals surface area contributed by atoms with E-state index in [1.165, 1.54) is 180 Å². The Morgan fingerprint density at radius 1 is 0.366 bits per heavy atom. The van der Waals surface area contributed by atoms with Crippen molar-refractivity contribution in [3.8, 4) is 0 Å². The molecule has 4 nitrogen and oxygen atoms in total. The van der Waals surface area contributed by atoms with Crippen molar-refractivity contribution in [2.24, 2.45) is 0 Å². The predicted octanol–water partition coefficient (Wildman–Crippen LogP) is 11.3. The Kier molecular flexibility index (Phi) is 33.4. The highest BCUT2D eigenvalue weighted by Gasteiger charge is 2.12. The van der Waals surface area contributed by atoms with Gasteiger partial charge in [0.05, 0.1) is 6.54 Å². The average Bonchev–Trinajstić information content (AvgIpc) is 2.96. The molecule has 246 valence electrons. The number of hydrogen-bond donors (Lipinski definition) is 1. The van der Waals surface area contributed by atoms with Crippen molar-refractivity contribution in [1.29, 1.82) is 0 Å². The zero-order valence-electron chi connectivity index (χ0n) is 28.6. The quantitative estimate of drug-likeness (QED) is 0.0757. The van der Waals surface area contributed by atoms with Crippen molar-refractivity contribution in [3.05, 3.63) is 0 Å². The first-order chi connectivity index (χ1) is 20.1. The molecule has 0 aliphatic rings. The lowest BCUT2D eigenvalue weighted by atomic mass is 10.1. The van der Waals surface area contributed by atoms with Crippen LogP contribution in [0.4, 0.5) is 0 Å². The van der Waals surface area contributed by atoms with E-state index in [1.807, 2.05) is 0 Å². The molecule has 0 aliphatic heterocycles. The van der Waals surface area contributed by atoms with Crippen LogP contribution in [0.3, 0.4) is 0 Å². The first-order valence-electron chi connectivity index (χ1n) is 18.8. The number of hydrogen-bond acceptors (Lipinski definition) is 3. The average molecular weight is 581 g/mol. The molecule has 0 aliphatic carbocycles. The van der Waals surface area contributed by atoms with Crippen LogP contribution >= 0.6 is 0 Å². The predicted molar refractivity (Wildman–Crippen MR) is 182 cm³/mol. The molecule has 41 heavy (non-hydrogen) atoms. The van der Waals surface area contributed by atoms with Gasteiger partial charge in [-0.1, -0.05) is 175 Å². The van der Waals surface area contributed by atoms with E-state index in [4.69, 9.17) is 0 Å². The lowest BCUT2D eigenvalue weighted by molar-refractivity contribution is -0.138. The molecule has 0 unspecified atom stereocenters. The van der Waals surface area contributed by atoms with Gasteiger partial charge in [-0.2, -0.15) is 0 Å². The molecular weight excluding hydrogens is 504 g/mol. The lowest BCUT2D eigenvalue weighted by Crippen LogP contribution is -2.39. The molecule has 0 heterocycles. The van der Waals surface area contributed by atoms with Crippen LogP contribution in [0.25, 0.3) is 0 Å². The third kappa shape index (κ3) is 32.1. The topological polar surface area (TPSA) is 43.8 Å². The van der Waals surface area contributed by atoms with Gasteiger partial charge in [-0.25, -0.2) is 0 Å². The number of rotatable bonds is 35. The molecular formula is C37H76N2O2. The number of unbranched alkanes of at least 4 members (excludes halogenated alkanes) is 24. The van der Waals surface area contributed by atoms with Gasteiger partial charge in [0.2, 0.25) is 0 Å². The van der Waals surface area contributed by atoms with E-state index in [1.54, 1.807) is 0 Å². The number of carboxylic acid groups (broad SMARTS) is 1. The van der Waals surface area contributed by atoms with Gasteiger partial charge in [0.15, 0.2) is 0 Å². The van der Waals surface area contributed by atoms with E-state index in [2.05, 4.69) is 30.6 Å². The number of nitrogens with zero attached hydrogens (tertiary/aromatic N) is 2. The van der Waals surface area contributed by atoms with Crippen LogP contribution in [0.1, 0.15) is 194 Å². The molecule has 0 fully saturated rings. The van der Waals surface area contributed by atoms with Crippen LogP contribution < -0.4 is 0 Å². The molecule has 0 bridgehead atoms. The van der Waals surface area contributed by atoms with Gasteiger partial charge in [0.1, 0.15) is 0 Å². The summed E-state index contributed by atoms with van der Waals surface area (Å²) in [5.41, 5.74) is 0. The molecule has 1 N–H and O–H groups in total. The Balaban J connectivity index is 4.37. The highest BCUT2D eigenvalue weighted by molar-refractivity contribution is 5.69. The molecule has 0 radical (unpaired) electrons. The standard InChI is InChI=1S/C37H76N2O2/c1-4-7-10-13-16-18-20-23-25-28-31-38(32-29-26-24-21-19-17-14-11-8-5-2)34-35-39(36-37(40)41)33-30-27-22-15-12-9-6-3/h4-36H2,1-3H3,(H,40,41). The zero-order chi connectivity index (χ0) is 30.1. The van der Waals surface area contributed by atoms with Gasteiger partial charge in [0, 0.05) is 13.1 Å². The fraction of sp³-hybridized carbons (Fsp3) is 0.973. The second kappa shape index (κ2) is 33.9. The van der Waals surface area contributed by atoms with Gasteiger partial charge >= 0.3 is 5.97 Å². The molecule has 4 heteroatoms. The first kappa shape index (κ1) is 40.4. The maximum Gasteiger partial charge on any atom is 0.317 e. The third-order valence-corrected chi connectivity index (χ3v) is 8.83. The molecule has 0 aromatic heterocycles. The largest absolute Gasteiger partial charge is 0.480 e. The molecule has 0 atom stereocenters. The zero-order valence-corrected chi connectivity index (χ0v) is 28.6. The minimum Gasteiger partial charge on any atom is -0.480 e. The van der Waals surface area contributed by atoms with Crippen LogP contribution in [0.5, 0.6) is 0 Å². The second-order valence-electron chi connectivity index (χ2n) is 13.0. The number of carbonyl (C=O) groups is 1. The van der Waals surface area contributed by atoms with Crippen LogP contribution in [0.15, 0.2) is 0 Å². The minimum atomic E-state index is -0.677. The second-order valence-corrected chi connectivity index (χ2v) is 13.0. The highest BCUT2D eigenvalue weighted by atomic mass is 16.4. The van der Waals surface area contributed by atoms with E-state index in [0.717, 1.165) is 26.1 Å². The van der Waals surface area contributed by atoms with Crippen molar-refractivity contribution in [3.63, 3.8) is 0 Å². The molecule has 0 spiro atoms. The summed E-state index contributed by atoms with van der Waals surface area (Å²) < 4.78 is 0. The summed E-state index contributed by atoms with van der Waals surface area (Å²) in [7, 11) is 0. The van der Waals surface area contributed by atoms with E-state index in [-0.39, 0.29) is 6.54 Å². The summed E-state index contributed by atoms with van der Waals surface area (Å²) in [5.74, 6) is -0.677. The SMILES string of the molecule is CCCCCCCCCCCCN(CCCCCCCCCCCC)CCN(CCCCCCCCC)CC(=O)O. The van der Waals surface area contributed by atoms with Gasteiger partial charge in [-0.15, -0.1) is 0 Å². The molecule has 0 aromatic carbocycles. The van der Waals surface area contributed by atoms with E-state index in [0.29, 0.717) is 0 Å². The van der Waals surface area contributed by atoms with Crippen molar-refractivity contribution in [2.75, 3.05) is 39.3 Å².